The van der Waals surface area contributed by atoms with Gasteiger partial charge in [-0.15, -0.1) is 0 Å². The summed E-state index contributed by atoms with van der Waals surface area (Å²) in [6, 6.07) is 4.94. The number of carboxylic acid groups (broad SMARTS) is 1. The molecule has 1 atom stereocenters. The highest BCUT2D eigenvalue weighted by Gasteiger charge is 2.48. The van der Waals surface area contributed by atoms with Crippen LogP contribution in [0.4, 0.5) is 0 Å². The van der Waals surface area contributed by atoms with E-state index < -0.39 is 11.4 Å². The molecule has 1 unspecified atom stereocenters. The van der Waals surface area contributed by atoms with Gasteiger partial charge in [0, 0.05) is 18.1 Å². The first-order valence-corrected chi connectivity index (χ1v) is 8.54. The van der Waals surface area contributed by atoms with Crippen molar-refractivity contribution in [2.45, 2.75) is 40.2 Å². The minimum absolute atomic E-state index is 0.0569. The van der Waals surface area contributed by atoms with Crippen LogP contribution in [-0.2, 0) is 4.79 Å². The van der Waals surface area contributed by atoms with Gasteiger partial charge in [-0.2, -0.15) is 0 Å². The van der Waals surface area contributed by atoms with Gasteiger partial charge in [0.25, 0.3) is 5.91 Å². The second kappa shape index (κ2) is 7.01. The monoisotopic (exact) mass is 353 g/mol. The molecule has 0 aliphatic carbocycles. The number of ether oxygens (including phenoxy) is 1. The smallest absolute Gasteiger partial charge is 0.311 e. The average Bonchev–Trinajstić information content (AvgIpc) is 2.94. The van der Waals surface area contributed by atoms with E-state index in [1.165, 1.54) is 0 Å². The van der Waals surface area contributed by atoms with Gasteiger partial charge in [-0.3, -0.25) is 9.59 Å². The number of rotatable bonds is 5. The molecule has 1 N–H and O–H groups in total. The van der Waals surface area contributed by atoms with E-state index in [1.807, 2.05) is 27.7 Å². The summed E-state index contributed by atoms with van der Waals surface area (Å²) in [6.07, 6.45) is 0.372. The van der Waals surface area contributed by atoms with Crippen LogP contribution >= 0.6 is 11.6 Å². The van der Waals surface area contributed by atoms with Gasteiger partial charge in [0.15, 0.2) is 0 Å². The fourth-order valence-corrected chi connectivity index (χ4v) is 3.27. The minimum atomic E-state index is -0.896. The lowest BCUT2D eigenvalue weighted by Crippen LogP contribution is -2.40. The van der Waals surface area contributed by atoms with Crippen molar-refractivity contribution in [2.24, 2.45) is 11.3 Å². The van der Waals surface area contributed by atoms with Crippen molar-refractivity contribution in [2.75, 3.05) is 13.1 Å². The third kappa shape index (κ3) is 3.51. The largest absolute Gasteiger partial charge is 0.490 e. The lowest BCUT2D eigenvalue weighted by atomic mass is 9.76. The van der Waals surface area contributed by atoms with E-state index in [9.17, 15) is 14.7 Å². The summed E-state index contributed by atoms with van der Waals surface area (Å²) in [5, 5.41) is 10.1. The van der Waals surface area contributed by atoms with Gasteiger partial charge >= 0.3 is 5.97 Å². The third-order valence-corrected chi connectivity index (χ3v) is 4.89. The van der Waals surface area contributed by atoms with Gasteiger partial charge < -0.3 is 14.7 Å². The number of amides is 1. The first-order valence-electron chi connectivity index (χ1n) is 8.16. The number of carbonyl (C=O) groups excluding carboxylic acids is 1. The molecule has 1 saturated heterocycles. The summed E-state index contributed by atoms with van der Waals surface area (Å²) < 4.78 is 5.71. The van der Waals surface area contributed by atoms with Crippen LogP contribution in [0, 0.1) is 11.3 Å². The summed E-state index contributed by atoms with van der Waals surface area (Å²) >= 11 is 6.04. The summed E-state index contributed by atoms with van der Waals surface area (Å²) in [7, 11) is 0. The maximum atomic E-state index is 12.9. The van der Waals surface area contributed by atoms with Gasteiger partial charge in [0.05, 0.1) is 17.1 Å². The Balaban J connectivity index is 2.30. The molecule has 1 heterocycles. The Morgan fingerprint density at radius 3 is 2.46 bits per heavy atom. The molecule has 2 rings (SSSR count). The van der Waals surface area contributed by atoms with E-state index >= 15 is 0 Å². The molecule has 132 valence electrons. The zero-order valence-corrected chi connectivity index (χ0v) is 15.3. The van der Waals surface area contributed by atoms with E-state index in [2.05, 4.69) is 0 Å². The molecule has 1 fully saturated rings. The number of nitrogens with zero attached hydrogens (tertiary/aromatic N) is 1. The Bertz CT molecular complexity index is 644. The molecule has 0 radical (unpaired) electrons. The van der Waals surface area contributed by atoms with E-state index in [-0.39, 0.29) is 24.5 Å². The van der Waals surface area contributed by atoms with Crippen LogP contribution in [0.3, 0.4) is 0 Å². The zero-order valence-electron chi connectivity index (χ0n) is 14.5. The zero-order chi connectivity index (χ0) is 18.1. The van der Waals surface area contributed by atoms with E-state index in [0.29, 0.717) is 29.3 Å². The van der Waals surface area contributed by atoms with Gasteiger partial charge in [0.1, 0.15) is 5.75 Å². The normalized spacial score (nSPS) is 20.7. The molecule has 0 saturated carbocycles. The third-order valence-electron chi connectivity index (χ3n) is 4.65. The van der Waals surface area contributed by atoms with Crippen LogP contribution < -0.4 is 4.74 Å². The fourth-order valence-electron chi connectivity index (χ4n) is 3.10. The van der Waals surface area contributed by atoms with Crippen molar-refractivity contribution in [3.8, 4) is 5.75 Å². The molecular formula is C18H24ClNO4. The Hall–Kier alpha value is -1.75. The molecule has 1 amide bonds. The highest BCUT2D eigenvalue weighted by molar-refractivity contribution is 6.31. The number of halogens is 1. The van der Waals surface area contributed by atoms with Crippen LogP contribution in [0.5, 0.6) is 5.75 Å². The van der Waals surface area contributed by atoms with Crippen molar-refractivity contribution in [1.29, 1.82) is 0 Å². The van der Waals surface area contributed by atoms with Gasteiger partial charge in [-0.1, -0.05) is 25.4 Å². The highest BCUT2D eigenvalue weighted by Crippen LogP contribution is 2.39. The Morgan fingerprint density at radius 2 is 1.96 bits per heavy atom. The van der Waals surface area contributed by atoms with Crippen molar-refractivity contribution in [3.63, 3.8) is 0 Å². The Morgan fingerprint density at radius 1 is 1.29 bits per heavy atom. The SMILES string of the molecule is CC(C)Oc1ccc(Cl)cc1C(=O)N1CCC(C(=O)O)(C(C)C)C1. The summed E-state index contributed by atoms with van der Waals surface area (Å²) in [6.45, 7) is 8.15. The first kappa shape index (κ1) is 18.6. The standard InChI is InChI=1S/C18H24ClNO4/c1-11(2)18(17(22)23)7-8-20(10-18)16(21)14-9-13(19)5-6-15(14)24-12(3)4/h5-6,9,11-12H,7-8,10H2,1-4H3,(H,22,23). The van der Waals surface area contributed by atoms with E-state index in [1.54, 1.807) is 23.1 Å². The highest BCUT2D eigenvalue weighted by atomic mass is 35.5. The minimum Gasteiger partial charge on any atom is -0.490 e. The quantitative estimate of drug-likeness (QED) is 0.876. The topological polar surface area (TPSA) is 66.8 Å². The molecule has 5 nitrogen and oxygen atoms in total. The van der Waals surface area contributed by atoms with Gasteiger partial charge in [-0.05, 0) is 44.4 Å². The number of hydrogen-bond donors (Lipinski definition) is 1. The van der Waals surface area contributed by atoms with Crippen LogP contribution in [0.25, 0.3) is 0 Å². The number of aliphatic carboxylic acids is 1. The van der Waals surface area contributed by atoms with Crippen molar-refractivity contribution in [3.05, 3.63) is 28.8 Å². The van der Waals surface area contributed by atoms with Gasteiger partial charge in [0.2, 0.25) is 0 Å². The maximum Gasteiger partial charge on any atom is 0.311 e. The molecule has 1 aliphatic rings. The van der Waals surface area contributed by atoms with Gasteiger partial charge in [-0.25, -0.2) is 0 Å². The molecule has 1 aromatic rings. The molecule has 1 aromatic carbocycles. The van der Waals surface area contributed by atoms with E-state index in [0.717, 1.165) is 0 Å². The molecule has 1 aliphatic heterocycles. The predicted molar refractivity (Wildman–Crippen MR) is 92.6 cm³/mol. The lowest BCUT2D eigenvalue weighted by molar-refractivity contribution is -0.150. The average molecular weight is 354 g/mol. The lowest BCUT2D eigenvalue weighted by Gasteiger charge is -2.28. The molecule has 0 aromatic heterocycles. The molecule has 0 spiro atoms. The molecule has 6 heteroatoms. The van der Waals surface area contributed by atoms with Crippen molar-refractivity contribution < 1.29 is 19.4 Å². The number of benzene rings is 1. The van der Waals surface area contributed by atoms with Crippen molar-refractivity contribution >= 4 is 23.5 Å². The number of hydrogen-bond acceptors (Lipinski definition) is 3. The number of carboxylic acids is 1. The first-order chi connectivity index (χ1) is 11.2. The maximum absolute atomic E-state index is 12.9. The van der Waals surface area contributed by atoms with Crippen LogP contribution in [0.1, 0.15) is 44.5 Å². The Labute approximate surface area is 147 Å². The molecule has 24 heavy (non-hydrogen) atoms. The summed E-state index contributed by atoms with van der Waals surface area (Å²) in [4.78, 5) is 26.3. The summed E-state index contributed by atoms with van der Waals surface area (Å²) in [5.74, 6) is -0.676. The van der Waals surface area contributed by atoms with E-state index in [4.69, 9.17) is 16.3 Å². The Kier molecular flexibility index (Phi) is 5.43. The number of carbonyl (C=O) groups is 2. The predicted octanol–water partition coefficient (Wildman–Crippen LogP) is 3.70. The molecule has 0 bridgehead atoms. The van der Waals surface area contributed by atoms with Crippen LogP contribution in [0.2, 0.25) is 5.02 Å². The molecular weight excluding hydrogens is 330 g/mol. The fraction of sp³-hybridized carbons (Fsp3) is 0.556. The summed E-state index contributed by atoms with van der Waals surface area (Å²) in [5.41, 5.74) is -0.519. The second-order valence-corrected chi connectivity index (χ2v) is 7.34. The number of likely N-dealkylation sites (tertiary alicyclic amines) is 1. The van der Waals surface area contributed by atoms with Crippen LogP contribution in [-0.4, -0.2) is 41.1 Å². The van der Waals surface area contributed by atoms with Crippen LogP contribution in [0.15, 0.2) is 18.2 Å². The van der Waals surface area contributed by atoms with Crippen molar-refractivity contribution in [1.82, 2.24) is 4.90 Å². The second-order valence-electron chi connectivity index (χ2n) is 6.90.